The molecule has 1 N–H and O–H groups in total. The Bertz CT molecular complexity index is 636. The van der Waals surface area contributed by atoms with Crippen molar-refractivity contribution in [2.45, 2.75) is 36.6 Å². The van der Waals surface area contributed by atoms with Crippen LogP contribution in [0.25, 0.3) is 0 Å². The van der Waals surface area contributed by atoms with Gasteiger partial charge in [-0.05, 0) is 37.1 Å². The fourth-order valence-electron chi connectivity index (χ4n) is 2.93. The number of carbonyl (C=O) groups is 1. The molecule has 0 atom stereocenters. The van der Waals surface area contributed by atoms with Crippen LogP contribution in [0.2, 0.25) is 0 Å². The third-order valence-electron chi connectivity index (χ3n) is 4.12. The largest absolute Gasteiger partial charge is 0.370 e. The van der Waals surface area contributed by atoms with Crippen LogP contribution in [-0.2, 0) is 19.6 Å². The minimum absolute atomic E-state index is 0.0468. The van der Waals surface area contributed by atoms with E-state index >= 15 is 0 Å². The Morgan fingerprint density at radius 3 is 2.45 bits per heavy atom. The minimum Gasteiger partial charge on any atom is -0.370 e. The van der Waals surface area contributed by atoms with Crippen LogP contribution in [-0.4, -0.2) is 40.1 Å². The Morgan fingerprint density at radius 2 is 1.82 bits per heavy atom. The topological polar surface area (TPSA) is 75.7 Å². The lowest BCUT2D eigenvalue weighted by Crippen LogP contribution is -2.41. The second-order valence-electron chi connectivity index (χ2n) is 5.69. The summed E-state index contributed by atoms with van der Waals surface area (Å²) in [5.74, 6) is -0.106. The fourth-order valence-corrected chi connectivity index (χ4v) is 4.23. The Labute approximate surface area is 130 Å². The maximum atomic E-state index is 12.3. The molecular weight excluding hydrogens is 304 g/mol. The fraction of sp³-hybridized carbons (Fsp3) is 0.533. The van der Waals surface area contributed by atoms with E-state index in [-0.39, 0.29) is 23.5 Å². The zero-order valence-corrected chi connectivity index (χ0v) is 13.1. The summed E-state index contributed by atoms with van der Waals surface area (Å²) >= 11 is 0. The van der Waals surface area contributed by atoms with Crippen molar-refractivity contribution in [1.29, 1.82) is 0 Å². The van der Waals surface area contributed by atoms with Gasteiger partial charge in [0, 0.05) is 18.3 Å². The van der Waals surface area contributed by atoms with Crippen LogP contribution in [0.3, 0.4) is 0 Å². The van der Waals surface area contributed by atoms with Gasteiger partial charge in [-0.2, -0.15) is 0 Å². The van der Waals surface area contributed by atoms with Gasteiger partial charge in [0.1, 0.15) is 6.61 Å². The molecule has 120 valence electrons. The summed E-state index contributed by atoms with van der Waals surface area (Å²) in [6.07, 6.45) is 3.95. The summed E-state index contributed by atoms with van der Waals surface area (Å²) in [4.78, 5) is 13.6. The maximum absolute atomic E-state index is 12.3. The number of amides is 1. The van der Waals surface area contributed by atoms with Crippen molar-refractivity contribution in [3.63, 3.8) is 0 Å². The molecule has 0 spiro atoms. The van der Waals surface area contributed by atoms with E-state index in [1.807, 2.05) is 0 Å². The van der Waals surface area contributed by atoms with Crippen molar-refractivity contribution >= 4 is 21.6 Å². The predicted octanol–water partition coefficient (Wildman–Crippen LogP) is 1.27. The standard InChI is InChI=1S/C15H20N2O4S/c18-15-11-21-10-9-17(15)13-5-7-14(8-6-13)22(19,20)16-12-3-1-2-4-12/h5-8,12,16H,1-4,9-11H2. The number of anilines is 1. The number of ether oxygens (including phenoxy) is 1. The number of hydrogen-bond donors (Lipinski definition) is 1. The first kappa shape index (κ1) is 15.5. The predicted molar refractivity (Wildman–Crippen MR) is 82.2 cm³/mol. The Balaban J connectivity index is 1.74. The first-order chi connectivity index (χ1) is 10.6. The van der Waals surface area contributed by atoms with Crippen molar-refractivity contribution in [2.75, 3.05) is 24.7 Å². The summed E-state index contributed by atoms with van der Waals surface area (Å²) in [6.45, 7) is 1.06. The summed E-state index contributed by atoms with van der Waals surface area (Å²) in [7, 11) is -3.48. The Hall–Kier alpha value is -1.44. The van der Waals surface area contributed by atoms with Crippen molar-refractivity contribution in [3.05, 3.63) is 24.3 Å². The molecule has 1 aromatic rings. The van der Waals surface area contributed by atoms with Gasteiger partial charge in [-0.3, -0.25) is 4.79 Å². The first-order valence-electron chi connectivity index (χ1n) is 7.57. The molecule has 1 amide bonds. The Kier molecular flexibility index (Phi) is 4.46. The highest BCUT2D eigenvalue weighted by molar-refractivity contribution is 7.89. The summed E-state index contributed by atoms with van der Waals surface area (Å²) < 4.78 is 32.5. The van der Waals surface area contributed by atoms with Crippen LogP contribution in [0.4, 0.5) is 5.69 Å². The van der Waals surface area contributed by atoms with Crippen LogP contribution >= 0.6 is 0 Å². The quantitative estimate of drug-likeness (QED) is 0.905. The molecule has 1 aliphatic carbocycles. The van der Waals surface area contributed by atoms with E-state index in [0.717, 1.165) is 25.7 Å². The number of morpholine rings is 1. The Morgan fingerprint density at radius 1 is 1.14 bits per heavy atom. The monoisotopic (exact) mass is 324 g/mol. The number of nitrogens with one attached hydrogen (secondary N) is 1. The molecule has 0 aromatic heterocycles. The smallest absolute Gasteiger partial charge is 0.253 e. The molecule has 1 saturated carbocycles. The maximum Gasteiger partial charge on any atom is 0.253 e. The van der Waals surface area contributed by atoms with E-state index in [1.165, 1.54) is 0 Å². The van der Waals surface area contributed by atoms with Gasteiger partial charge in [0.25, 0.3) is 5.91 Å². The lowest BCUT2D eigenvalue weighted by Gasteiger charge is -2.26. The highest BCUT2D eigenvalue weighted by Gasteiger charge is 2.24. The molecule has 2 aliphatic rings. The molecule has 3 rings (SSSR count). The molecule has 1 aliphatic heterocycles. The molecule has 2 fully saturated rings. The number of carbonyl (C=O) groups excluding carboxylic acids is 1. The van der Waals surface area contributed by atoms with Crippen molar-refractivity contribution in [3.8, 4) is 0 Å². The van der Waals surface area contributed by atoms with Gasteiger partial charge in [0.2, 0.25) is 10.0 Å². The molecule has 1 aromatic carbocycles. The normalized spacial score (nSPS) is 20.5. The van der Waals surface area contributed by atoms with Gasteiger partial charge in [-0.15, -0.1) is 0 Å². The summed E-state index contributed by atoms with van der Waals surface area (Å²) in [5, 5.41) is 0. The average Bonchev–Trinajstić information content (AvgIpc) is 3.00. The zero-order chi connectivity index (χ0) is 15.6. The molecule has 7 heteroatoms. The van der Waals surface area contributed by atoms with E-state index in [1.54, 1.807) is 29.2 Å². The van der Waals surface area contributed by atoms with Crippen LogP contribution in [0.5, 0.6) is 0 Å². The average molecular weight is 324 g/mol. The van der Waals surface area contributed by atoms with E-state index < -0.39 is 10.0 Å². The second kappa shape index (κ2) is 6.36. The third-order valence-corrected chi connectivity index (χ3v) is 5.66. The van der Waals surface area contributed by atoms with Crippen LogP contribution in [0, 0.1) is 0 Å². The van der Waals surface area contributed by atoms with Gasteiger partial charge in [-0.1, -0.05) is 12.8 Å². The minimum atomic E-state index is -3.48. The number of sulfonamides is 1. The summed E-state index contributed by atoms with van der Waals surface area (Å²) in [6, 6.07) is 6.49. The lowest BCUT2D eigenvalue weighted by molar-refractivity contribution is -0.125. The van der Waals surface area contributed by atoms with Gasteiger partial charge >= 0.3 is 0 Å². The van der Waals surface area contributed by atoms with Crippen LogP contribution < -0.4 is 9.62 Å². The molecule has 0 radical (unpaired) electrons. The molecular formula is C15H20N2O4S. The van der Waals surface area contributed by atoms with Crippen LogP contribution in [0.1, 0.15) is 25.7 Å². The zero-order valence-electron chi connectivity index (χ0n) is 12.3. The van der Waals surface area contributed by atoms with Crippen molar-refractivity contribution < 1.29 is 17.9 Å². The van der Waals surface area contributed by atoms with Gasteiger partial charge in [0.05, 0.1) is 11.5 Å². The third kappa shape index (κ3) is 3.31. The number of benzene rings is 1. The second-order valence-corrected chi connectivity index (χ2v) is 7.41. The van der Waals surface area contributed by atoms with Gasteiger partial charge in [-0.25, -0.2) is 13.1 Å². The lowest BCUT2D eigenvalue weighted by atomic mass is 10.2. The number of rotatable bonds is 4. The molecule has 0 unspecified atom stereocenters. The SMILES string of the molecule is O=C1COCCN1c1ccc(S(=O)(=O)NC2CCCC2)cc1. The van der Waals surface area contributed by atoms with E-state index in [4.69, 9.17) is 4.74 Å². The molecule has 1 saturated heterocycles. The van der Waals surface area contributed by atoms with Crippen molar-refractivity contribution in [1.82, 2.24) is 4.72 Å². The molecule has 1 heterocycles. The highest BCUT2D eigenvalue weighted by Crippen LogP contribution is 2.22. The van der Waals surface area contributed by atoms with Crippen molar-refractivity contribution in [2.24, 2.45) is 0 Å². The number of nitrogens with zero attached hydrogens (tertiary/aromatic N) is 1. The molecule has 22 heavy (non-hydrogen) atoms. The molecule has 6 nitrogen and oxygen atoms in total. The highest BCUT2D eigenvalue weighted by atomic mass is 32.2. The van der Waals surface area contributed by atoms with E-state index in [2.05, 4.69) is 4.72 Å². The van der Waals surface area contributed by atoms with E-state index in [0.29, 0.717) is 18.8 Å². The number of hydrogen-bond acceptors (Lipinski definition) is 4. The first-order valence-corrected chi connectivity index (χ1v) is 9.05. The van der Waals surface area contributed by atoms with Gasteiger partial charge in [0.15, 0.2) is 0 Å². The molecule has 0 bridgehead atoms. The summed E-state index contributed by atoms with van der Waals surface area (Å²) in [5.41, 5.74) is 0.702. The van der Waals surface area contributed by atoms with Gasteiger partial charge < -0.3 is 9.64 Å². The van der Waals surface area contributed by atoms with Crippen LogP contribution in [0.15, 0.2) is 29.2 Å². The van der Waals surface area contributed by atoms with E-state index in [9.17, 15) is 13.2 Å².